The maximum atomic E-state index is 14.3. The van der Waals surface area contributed by atoms with Crippen LogP contribution in [0.2, 0.25) is 0 Å². The second kappa shape index (κ2) is 14.9. The second-order valence-electron chi connectivity index (χ2n) is 14.8. The minimum atomic E-state index is -3.52. The number of rotatable bonds is 5. The Morgan fingerprint density at radius 2 is 1.98 bits per heavy atom. The van der Waals surface area contributed by atoms with Gasteiger partial charge in [-0.3, -0.25) is 14.3 Å². The van der Waals surface area contributed by atoms with Gasteiger partial charge in [0.15, 0.2) is 0 Å². The lowest BCUT2D eigenvalue weighted by Gasteiger charge is -2.46. The van der Waals surface area contributed by atoms with E-state index in [4.69, 9.17) is 9.47 Å². The Hall–Kier alpha value is -3.99. The molecular formula is C41H49N3O6S. The summed E-state index contributed by atoms with van der Waals surface area (Å²) >= 11 is 0. The molecule has 1 saturated carbocycles. The number of nitrogens with zero attached hydrogens (tertiary/aromatic N) is 2. The molecule has 4 aliphatic rings. The molecule has 6 atom stereocenters. The van der Waals surface area contributed by atoms with Crippen molar-refractivity contribution in [3.05, 3.63) is 107 Å². The predicted octanol–water partition coefficient (Wildman–Crippen LogP) is 6.62. The van der Waals surface area contributed by atoms with Crippen molar-refractivity contribution in [3.63, 3.8) is 0 Å². The summed E-state index contributed by atoms with van der Waals surface area (Å²) in [5.74, 6) is 0.161. The van der Waals surface area contributed by atoms with Gasteiger partial charge in [0.2, 0.25) is 5.91 Å². The second-order valence-corrected chi connectivity index (χ2v) is 16.9. The highest BCUT2D eigenvalue weighted by Gasteiger charge is 2.44. The number of carbonyl (C=O) groups is 2. The summed E-state index contributed by atoms with van der Waals surface area (Å²) in [5.41, 5.74) is 5.48. The molecule has 1 spiro atoms. The third kappa shape index (κ3) is 7.64. The fourth-order valence-electron chi connectivity index (χ4n) is 8.46. The number of benzene rings is 3. The van der Waals surface area contributed by atoms with Crippen LogP contribution in [0.4, 0.5) is 5.69 Å². The predicted molar refractivity (Wildman–Crippen MR) is 199 cm³/mol. The molecule has 51 heavy (non-hydrogen) atoms. The van der Waals surface area contributed by atoms with Gasteiger partial charge in [0.05, 0.1) is 36.7 Å². The van der Waals surface area contributed by atoms with E-state index in [-0.39, 0.29) is 29.3 Å². The third-order valence-electron chi connectivity index (χ3n) is 11.3. The first-order valence-electron chi connectivity index (χ1n) is 18.3. The maximum Gasteiger partial charge on any atom is 0.286 e. The average Bonchev–Trinajstić information content (AvgIpc) is 3.25. The van der Waals surface area contributed by atoms with Crippen LogP contribution < -0.4 is 14.4 Å². The number of amides is 2. The van der Waals surface area contributed by atoms with Gasteiger partial charge in [-0.05, 0) is 98.6 Å². The zero-order valence-corrected chi connectivity index (χ0v) is 30.4. The van der Waals surface area contributed by atoms with Crippen LogP contribution >= 0.6 is 0 Å². The van der Waals surface area contributed by atoms with Crippen molar-refractivity contribution < 1.29 is 28.4 Å². The Morgan fingerprint density at radius 1 is 1.14 bits per heavy atom. The minimum absolute atomic E-state index is 0.0124. The van der Waals surface area contributed by atoms with E-state index in [9.17, 15) is 18.9 Å². The van der Waals surface area contributed by atoms with Gasteiger partial charge in [0.25, 0.3) is 5.91 Å². The molecule has 2 aliphatic carbocycles. The highest BCUT2D eigenvalue weighted by Crippen LogP contribution is 2.47. The van der Waals surface area contributed by atoms with Crippen LogP contribution in [0.1, 0.15) is 83.7 Å². The van der Waals surface area contributed by atoms with E-state index in [1.165, 1.54) is 16.7 Å². The number of hydrogen-bond acceptors (Lipinski definition) is 7. The van der Waals surface area contributed by atoms with Gasteiger partial charge in [-0.2, -0.15) is 0 Å². The Morgan fingerprint density at radius 3 is 2.76 bits per heavy atom. The van der Waals surface area contributed by atoms with Gasteiger partial charge in [0.1, 0.15) is 15.7 Å². The molecule has 3 aromatic carbocycles. The zero-order chi connectivity index (χ0) is 35.6. The molecule has 2 aliphatic heterocycles. The largest absolute Gasteiger partial charge is 0.490 e. The summed E-state index contributed by atoms with van der Waals surface area (Å²) in [5, 5.41) is 10.7. The summed E-state index contributed by atoms with van der Waals surface area (Å²) in [4.78, 5) is 29.4. The lowest BCUT2D eigenvalue weighted by Crippen LogP contribution is -2.49. The van der Waals surface area contributed by atoms with Crippen LogP contribution in [0.25, 0.3) is 0 Å². The van der Waals surface area contributed by atoms with Crippen molar-refractivity contribution >= 4 is 27.4 Å². The number of ether oxygens (including phenoxy) is 2. The Balaban J connectivity index is 1.24. The SMILES string of the molecule is CO[C@H]1/C=C/CCCS(=O)(NC(=O)C[C@H](O)c2ccccc2)=NC(=O)c2ccc3c(c2)N(C[C@@H]2CC[C@H]21)C[C@@]1(CCCc2cc(C)ccc21)CO3. The first-order valence-corrected chi connectivity index (χ1v) is 20.0. The summed E-state index contributed by atoms with van der Waals surface area (Å²) < 4.78 is 33.7. The molecule has 0 radical (unpaired) electrons. The zero-order valence-electron chi connectivity index (χ0n) is 29.6. The summed E-state index contributed by atoms with van der Waals surface area (Å²) in [6.45, 7) is 4.22. The van der Waals surface area contributed by atoms with Crippen molar-refractivity contribution in [2.24, 2.45) is 16.2 Å². The number of aliphatic hydroxyl groups is 1. The lowest BCUT2D eigenvalue weighted by atomic mass is 9.68. The number of aliphatic hydroxyl groups excluding tert-OH is 1. The Bertz CT molecular complexity index is 1920. The Labute approximate surface area is 301 Å². The number of hydrogen-bond donors (Lipinski definition) is 2. The van der Waals surface area contributed by atoms with E-state index < -0.39 is 27.8 Å². The van der Waals surface area contributed by atoms with Crippen molar-refractivity contribution in [2.45, 2.75) is 75.9 Å². The molecule has 2 bridgehead atoms. The van der Waals surface area contributed by atoms with Gasteiger partial charge in [-0.1, -0.05) is 66.2 Å². The molecule has 3 aromatic rings. The first-order chi connectivity index (χ1) is 24.6. The van der Waals surface area contributed by atoms with Crippen molar-refractivity contribution in [2.75, 3.05) is 37.5 Å². The molecule has 1 fully saturated rings. The maximum absolute atomic E-state index is 14.3. The molecule has 9 nitrogen and oxygen atoms in total. The van der Waals surface area contributed by atoms with Gasteiger partial charge in [-0.25, -0.2) is 4.21 Å². The quantitative estimate of drug-likeness (QED) is 0.286. The van der Waals surface area contributed by atoms with Gasteiger partial charge < -0.3 is 19.5 Å². The molecule has 0 saturated heterocycles. The van der Waals surface area contributed by atoms with E-state index in [1.807, 2.05) is 18.2 Å². The van der Waals surface area contributed by atoms with E-state index in [0.29, 0.717) is 42.6 Å². The number of allylic oxidation sites excluding steroid dienone is 1. The third-order valence-corrected chi connectivity index (χ3v) is 13.1. The highest BCUT2D eigenvalue weighted by molar-refractivity contribution is 7.92. The number of methoxy groups -OCH3 is 1. The van der Waals surface area contributed by atoms with Crippen LogP contribution in [0.3, 0.4) is 0 Å². The summed E-state index contributed by atoms with van der Waals surface area (Å²) in [6, 6.07) is 21.0. The number of carbonyl (C=O) groups excluding carboxylic acids is 2. The smallest absolute Gasteiger partial charge is 0.286 e. The molecule has 10 heteroatoms. The van der Waals surface area contributed by atoms with Crippen LogP contribution in [-0.4, -0.2) is 59.8 Å². The van der Waals surface area contributed by atoms with Crippen LogP contribution in [0.15, 0.2) is 83.2 Å². The standard InChI is InChI=1S/C41H49N3O6S/c1-28-14-18-34-30(22-28)12-9-20-41(34)26-44-25-32-15-17-33(32)37(49-2)13-7-4-8-21-51(48,42-39(46)24-36(45)29-10-5-3-6-11-29)43-40(47)31-16-19-38(50-27-41)35(44)23-31/h3,5-7,10-11,13-14,16,18-19,22-23,32-33,36-37,45H,4,8-9,12,15,17,20-21,24-27H2,1-2H3,(H,42,43,46,47,48)/b13-7+/t32-,33+,36-,37-,41-,51?/m0/s1. The molecular weight excluding hydrogens is 663 g/mol. The van der Waals surface area contributed by atoms with Gasteiger partial charge in [-0.15, -0.1) is 4.36 Å². The lowest BCUT2D eigenvalue weighted by molar-refractivity contribution is -0.121. The fraction of sp³-hybridized carbons (Fsp3) is 0.463. The van der Waals surface area contributed by atoms with Crippen molar-refractivity contribution in [1.29, 1.82) is 0 Å². The number of nitrogens with one attached hydrogen (secondary N) is 1. The first kappa shape index (κ1) is 35.4. The van der Waals surface area contributed by atoms with Crippen molar-refractivity contribution in [3.8, 4) is 5.75 Å². The number of fused-ring (bicyclic) bond motifs is 4. The monoisotopic (exact) mass is 711 g/mol. The Kier molecular flexibility index (Phi) is 10.4. The van der Waals surface area contributed by atoms with E-state index >= 15 is 0 Å². The molecule has 1 unspecified atom stereocenters. The molecule has 2 heterocycles. The number of anilines is 1. The fourth-order valence-corrected chi connectivity index (χ4v) is 10.1. The molecule has 7 rings (SSSR count). The van der Waals surface area contributed by atoms with Crippen LogP contribution in [0, 0.1) is 18.8 Å². The minimum Gasteiger partial charge on any atom is -0.490 e. The van der Waals surface area contributed by atoms with E-state index in [1.54, 1.807) is 37.4 Å². The van der Waals surface area contributed by atoms with Gasteiger partial charge in [0, 0.05) is 31.2 Å². The van der Waals surface area contributed by atoms with E-state index in [2.05, 4.69) is 51.3 Å². The topological polar surface area (TPSA) is 118 Å². The average molecular weight is 712 g/mol. The summed E-state index contributed by atoms with van der Waals surface area (Å²) in [6.07, 6.45) is 9.06. The van der Waals surface area contributed by atoms with Gasteiger partial charge >= 0.3 is 0 Å². The molecule has 2 N–H and O–H groups in total. The van der Waals surface area contributed by atoms with Crippen LogP contribution in [0.5, 0.6) is 5.75 Å². The highest BCUT2D eigenvalue weighted by atomic mass is 32.2. The molecule has 2 amide bonds. The summed E-state index contributed by atoms with van der Waals surface area (Å²) in [7, 11) is -1.76. The van der Waals surface area contributed by atoms with Crippen molar-refractivity contribution in [1.82, 2.24) is 4.72 Å². The van der Waals surface area contributed by atoms with E-state index in [0.717, 1.165) is 50.9 Å². The van der Waals surface area contributed by atoms with Crippen LogP contribution in [-0.2, 0) is 31.3 Å². The number of aryl methyl sites for hydroxylation is 2. The normalized spacial score (nSPS) is 28.9. The molecule has 270 valence electrons. The molecule has 0 aromatic heterocycles.